The fourth-order valence-electron chi connectivity index (χ4n) is 0.756. The quantitative estimate of drug-likeness (QED) is 0.471. The van der Waals surface area contributed by atoms with Crippen molar-refractivity contribution in [3.8, 4) is 0 Å². The summed E-state index contributed by atoms with van der Waals surface area (Å²) in [5.41, 5.74) is 1.33. The molecular formula is C6H9PS. The Kier molecular flexibility index (Phi) is 1.42. The van der Waals surface area contributed by atoms with Crippen LogP contribution in [-0.4, -0.2) is 6.66 Å². The van der Waals surface area contributed by atoms with Crippen molar-refractivity contribution in [1.29, 1.82) is 0 Å². The van der Waals surface area contributed by atoms with Gasteiger partial charge in [-0.2, -0.15) is 0 Å². The highest BCUT2D eigenvalue weighted by molar-refractivity contribution is 8.17. The standard InChI is InChI=1S/C6H9PS/c1-6-3-4-7(2,8)5-6/h3-5H,1-2H3. The van der Waals surface area contributed by atoms with Crippen LogP contribution in [0.2, 0.25) is 0 Å². The predicted octanol–water partition coefficient (Wildman–Crippen LogP) is 2.53. The van der Waals surface area contributed by atoms with Crippen molar-refractivity contribution >= 4 is 17.8 Å². The number of hydrogen-bond donors (Lipinski definition) is 0. The van der Waals surface area contributed by atoms with Crippen LogP contribution in [-0.2, 0) is 11.8 Å². The van der Waals surface area contributed by atoms with E-state index in [1.54, 1.807) is 0 Å². The van der Waals surface area contributed by atoms with Gasteiger partial charge in [0.05, 0.1) is 0 Å². The van der Waals surface area contributed by atoms with Crippen LogP contribution in [0.15, 0.2) is 23.3 Å². The molecule has 1 atom stereocenters. The first-order valence-electron chi connectivity index (χ1n) is 2.56. The summed E-state index contributed by atoms with van der Waals surface area (Å²) in [4.78, 5) is 0. The normalized spacial score (nSPS) is 35.5. The molecule has 1 aliphatic heterocycles. The Morgan fingerprint density at radius 1 is 1.62 bits per heavy atom. The SMILES string of the molecule is CC1=CP(C)(=S)C=C1. The lowest BCUT2D eigenvalue weighted by Gasteiger charge is -1.96. The molecule has 1 rings (SSSR count). The molecule has 0 bridgehead atoms. The first-order valence-corrected chi connectivity index (χ1v) is 5.94. The van der Waals surface area contributed by atoms with Gasteiger partial charge >= 0.3 is 0 Å². The van der Waals surface area contributed by atoms with Crippen LogP contribution >= 0.6 is 6.04 Å². The molecule has 0 saturated carbocycles. The van der Waals surface area contributed by atoms with E-state index in [0.29, 0.717) is 0 Å². The summed E-state index contributed by atoms with van der Waals surface area (Å²) < 4.78 is 0. The molecule has 8 heavy (non-hydrogen) atoms. The molecular weight excluding hydrogens is 135 g/mol. The van der Waals surface area contributed by atoms with Gasteiger partial charge in [-0.1, -0.05) is 17.9 Å². The van der Waals surface area contributed by atoms with Gasteiger partial charge in [0.25, 0.3) is 0 Å². The van der Waals surface area contributed by atoms with Crippen molar-refractivity contribution in [3.63, 3.8) is 0 Å². The van der Waals surface area contributed by atoms with Crippen molar-refractivity contribution < 1.29 is 0 Å². The molecule has 0 aromatic heterocycles. The zero-order chi connectivity index (χ0) is 6.20. The van der Waals surface area contributed by atoms with E-state index < -0.39 is 6.04 Å². The van der Waals surface area contributed by atoms with E-state index in [-0.39, 0.29) is 0 Å². The van der Waals surface area contributed by atoms with Crippen LogP contribution in [0, 0.1) is 0 Å². The van der Waals surface area contributed by atoms with E-state index in [1.807, 2.05) is 0 Å². The monoisotopic (exact) mass is 144 g/mol. The van der Waals surface area contributed by atoms with Crippen LogP contribution in [0.25, 0.3) is 0 Å². The van der Waals surface area contributed by atoms with E-state index in [9.17, 15) is 0 Å². The third kappa shape index (κ3) is 1.30. The summed E-state index contributed by atoms with van der Waals surface area (Å²) in [6, 6.07) is -1.11. The van der Waals surface area contributed by atoms with E-state index in [1.165, 1.54) is 5.57 Å². The van der Waals surface area contributed by atoms with E-state index in [0.717, 1.165) is 0 Å². The summed E-state index contributed by atoms with van der Waals surface area (Å²) in [6.45, 7) is 4.23. The van der Waals surface area contributed by atoms with Gasteiger partial charge < -0.3 is 0 Å². The third-order valence-corrected chi connectivity index (χ3v) is 3.44. The number of hydrogen-bond acceptors (Lipinski definition) is 1. The first kappa shape index (κ1) is 6.25. The molecule has 0 amide bonds. The minimum absolute atomic E-state index is 1.11. The molecule has 0 aromatic rings. The summed E-state index contributed by atoms with van der Waals surface area (Å²) in [5, 5.41) is 0. The van der Waals surface area contributed by atoms with E-state index >= 15 is 0 Å². The fourth-order valence-corrected chi connectivity index (χ4v) is 2.95. The Morgan fingerprint density at radius 3 is 2.38 bits per heavy atom. The van der Waals surface area contributed by atoms with Crippen molar-refractivity contribution in [2.24, 2.45) is 0 Å². The second-order valence-corrected chi connectivity index (χ2v) is 7.28. The molecule has 0 radical (unpaired) electrons. The summed E-state index contributed by atoms with van der Waals surface area (Å²) in [5.74, 6) is 4.35. The summed E-state index contributed by atoms with van der Waals surface area (Å²) in [6.07, 6.45) is 2.11. The molecule has 0 spiro atoms. The topological polar surface area (TPSA) is 0 Å². The molecule has 2 heteroatoms. The van der Waals surface area contributed by atoms with Crippen molar-refractivity contribution in [2.45, 2.75) is 6.92 Å². The Balaban J connectivity index is 3.01. The van der Waals surface area contributed by atoms with Crippen LogP contribution < -0.4 is 0 Å². The van der Waals surface area contributed by atoms with Gasteiger partial charge in [-0.3, -0.25) is 0 Å². The highest BCUT2D eigenvalue weighted by Gasteiger charge is 2.05. The molecule has 1 aliphatic rings. The second-order valence-electron chi connectivity index (χ2n) is 2.25. The van der Waals surface area contributed by atoms with Crippen LogP contribution in [0.4, 0.5) is 0 Å². The largest absolute Gasteiger partial charge is 0.0891 e. The molecule has 1 heterocycles. The lowest BCUT2D eigenvalue weighted by Crippen LogP contribution is -1.57. The second kappa shape index (κ2) is 1.82. The van der Waals surface area contributed by atoms with Crippen molar-refractivity contribution in [2.75, 3.05) is 6.66 Å². The minimum atomic E-state index is -1.11. The minimum Gasteiger partial charge on any atom is -0.0891 e. The summed E-state index contributed by atoms with van der Waals surface area (Å²) in [7, 11) is 0. The third-order valence-electron chi connectivity index (χ3n) is 1.09. The average molecular weight is 144 g/mol. The lowest BCUT2D eigenvalue weighted by molar-refractivity contribution is 1.58. The van der Waals surface area contributed by atoms with E-state index in [4.69, 9.17) is 11.8 Å². The fraction of sp³-hybridized carbons (Fsp3) is 0.333. The number of rotatable bonds is 0. The molecule has 0 aliphatic carbocycles. The Labute approximate surface area is 55.3 Å². The maximum Gasteiger partial charge on any atom is -0.00592 e. The van der Waals surface area contributed by atoms with Gasteiger partial charge in [-0.05, 0) is 36.8 Å². The zero-order valence-electron chi connectivity index (χ0n) is 5.09. The first-order chi connectivity index (χ1) is 3.60. The zero-order valence-corrected chi connectivity index (χ0v) is 6.80. The Bertz CT molecular complexity index is 201. The maximum atomic E-state index is 5.23. The van der Waals surface area contributed by atoms with Gasteiger partial charge in [0.1, 0.15) is 0 Å². The number of allylic oxidation sites excluding steroid dienone is 2. The smallest absolute Gasteiger partial charge is 0.00592 e. The molecule has 0 fully saturated rings. The van der Waals surface area contributed by atoms with Gasteiger partial charge in [0.15, 0.2) is 0 Å². The van der Waals surface area contributed by atoms with Crippen molar-refractivity contribution in [1.82, 2.24) is 0 Å². The molecule has 1 unspecified atom stereocenters. The van der Waals surface area contributed by atoms with Crippen LogP contribution in [0.1, 0.15) is 6.92 Å². The Morgan fingerprint density at radius 2 is 2.25 bits per heavy atom. The highest BCUT2D eigenvalue weighted by Crippen LogP contribution is 2.50. The van der Waals surface area contributed by atoms with E-state index in [2.05, 4.69) is 31.3 Å². The summed E-state index contributed by atoms with van der Waals surface area (Å²) >= 11 is 5.23. The van der Waals surface area contributed by atoms with Crippen LogP contribution in [0.3, 0.4) is 0 Å². The lowest BCUT2D eigenvalue weighted by atomic mass is 10.4. The molecule has 0 nitrogen and oxygen atoms in total. The van der Waals surface area contributed by atoms with Crippen molar-refractivity contribution in [3.05, 3.63) is 23.3 Å². The molecule has 0 N–H and O–H groups in total. The van der Waals surface area contributed by atoms with Gasteiger partial charge in [-0.25, -0.2) is 0 Å². The van der Waals surface area contributed by atoms with Gasteiger partial charge in [0, 0.05) is 0 Å². The molecule has 0 saturated heterocycles. The predicted molar refractivity (Wildman–Crippen MR) is 43.1 cm³/mol. The van der Waals surface area contributed by atoms with Crippen LogP contribution in [0.5, 0.6) is 0 Å². The average Bonchev–Trinajstić information content (AvgIpc) is 1.82. The van der Waals surface area contributed by atoms with Gasteiger partial charge in [-0.15, -0.1) is 0 Å². The molecule has 0 aromatic carbocycles. The van der Waals surface area contributed by atoms with Gasteiger partial charge in [0.2, 0.25) is 0 Å². The maximum absolute atomic E-state index is 5.23. The molecule has 44 valence electrons. The Hall–Kier alpha value is 0.130. The highest BCUT2D eigenvalue weighted by atomic mass is 32.4.